The van der Waals surface area contributed by atoms with E-state index < -0.39 is 0 Å². The van der Waals surface area contributed by atoms with E-state index in [9.17, 15) is 4.79 Å². The lowest BCUT2D eigenvalue weighted by molar-refractivity contribution is 0.102. The van der Waals surface area contributed by atoms with Crippen LogP contribution in [0.25, 0.3) is 0 Å². The van der Waals surface area contributed by atoms with Crippen LogP contribution in [0.3, 0.4) is 0 Å². The van der Waals surface area contributed by atoms with Crippen molar-refractivity contribution < 1.29 is 9.90 Å². The lowest BCUT2D eigenvalue weighted by Gasteiger charge is -2.12. The zero-order valence-corrected chi connectivity index (χ0v) is 13.5. The molecule has 0 aliphatic carbocycles. The molecule has 0 aliphatic heterocycles. The SMILES string of the molecule is Cc1ccc(NC(=O)c2ccccc2)cc1NCCCCCO. The summed E-state index contributed by atoms with van der Waals surface area (Å²) >= 11 is 0. The summed E-state index contributed by atoms with van der Waals surface area (Å²) in [5.41, 5.74) is 3.60. The molecule has 23 heavy (non-hydrogen) atoms. The van der Waals surface area contributed by atoms with Crippen molar-refractivity contribution in [2.45, 2.75) is 26.2 Å². The Bertz CT molecular complexity index is 627. The van der Waals surface area contributed by atoms with E-state index in [1.165, 1.54) is 0 Å². The largest absolute Gasteiger partial charge is 0.396 e. The van der Waals surface area contributed by atoms with Crippen molar-refractivity contribution >= 4 is 17.3 Å². The van der Waals surface area contributed by atoms with E-state index in [4.69, 9.17) is 5.11 Å². The summed E-state index contributed by atoms with van der Waals surface area (Å²) in [6, 6.07) is 15.0. The number of aliphatic hydroxyl groups is 1. The number of hydrogen-bond acceptors (Lipinski definition) is 3. The maximum atomic E-state index is 12.2. The Morgan fingerprint density at radius 3 is 2.57 bits per heavy atom. The van der Waals surface area contributed by atoms with Crippen molar-refractivity contribution in [2.24, 2.45) is 0 Å². The summed E-state index contributed by atoms with van der Waals surface area (Å²) in [7, 11) is 0. The molecule has 0 unspecified atom stereocenters. The molecule has 0 heterocycles. The smallest absolute Gasteiger partial charge is 0.255 e. The summed E-state index contributed by atoms with van der Waals surface area (Å²) in [6.07, 6.45) is 2.86. The lowest BCUT2D eigenvalue weighted by atomic mass is 10.1. The molecule has 3 N–H and O–H groups in total. The molecule has 0 aliphatic rings. The molecule has 1 amide bonds. The van der Waals surface area contributed by atoms with Gasteiger partial charge in [-0.15, -0.1) is 0 Å². The lowest BCUT2D eigenvalue weighted by Crippen LogP contribution is -2.12. The average Bonchev–Trinajstić information content (AvgIpc) is 2.58. The third-order valence-corrected chi connectivity index (χ3v) is 3.68. The van der Waals surface area contributed by atoms with E-state index in [0.29, 0.717) is 5.56 Å². The number of nitrogens with one attached hydrogen (secondary N) is 2. The van der Waals surface area contributed by atoms with Gasteiger partial charge in [0.15, 0.2) is 0 Å². The molecular formula is C19H24N2O2. The van der Waals surface area contributed by atoms with Gasteiger partial charge in [-0.2, -0.15) is 0 Å². The predicted molar refractivity (Wildman–Crippen MR) is 95.0 cm³/mol. The first-order valence-corrected chi connectivity index (χ1v) is 8.02. The number of aryl methyl sites for hydroxylation is 1. The fraction of sp³-hybridized carbons (Fsp3) is 0.316. The van der Waals surface area contributed by atoms with Crippen molar-refractivity contribution in [3.63, 3.8) is 0 Å². The number of unbranched alkanes of at least 4 members (excludes halogenated alkanes) is 2. The topological polar surface area (TPSA) is 61.4 Å². The highest BCUT2D eigenvalue weighted by Crippen LogP contribution is 2.21. The van der Waals surface area contributed by atoms with Gasteiger partial charge in [0.1, 0.15) is 0 Å². The number of carbonyl (C=O) groups excluding carboxylic acids is 1. The summed E-state index contributed by atoms with van der Waals surface area (Å²) in [6.45, 7) is 3.15. The molecule has 0 spiro atoms. The van der Waals surface area contributed by atoms with Crippen LogP contribution < -0.4 is 10.6 Å². The average molecular weight is 312 g/mol. The van der Waals surface area contributed by atoms with Gasteiger partial charge < -0.3 is 15.7 Å². The number of hydrogen-bond donors (Lipinski definition) is 3. The highest BCUT2D eigenvalue weighted by atomic mass is 16.2. The summed E-state index contributed by atoms with van der Waals surface area (Å²) in [4.78, 5) is 12.2. The van der Waals surface area contributed by atoms with Gasteiger partial charge in [-0.05, 0) is 56.0 Å². The molecule has 0 saturated heterocycles. The van der Waals surface area contributed by atoms with E-state index in [2.05, 4.69) is 10.6 Å². The van der Waals surface area contributed by atoms with Crippen molar-refractivity contribution in [1.29, 1.82) is 0 Å². The number of amides is 1. The molecule has 122 valence electrons. The minimum absolute atomic E-state index is 0.108. The summed E-state index contributed by atoms with van der Waals surface area (Å²) in [5.74, 6) is -0.108. The van der Waals surface area contributed by atoms with E-state index in [1.54, 1.807) is 12.1 Å². The molecule has 0 atom stereocenters. The maximum Gasteiger partial charge on any atom is 0.255 e. The van der Waals surface area contributed by atoms with Crippen molar-refractivity contribution in [3.8, 4) is 0 Å². The maximum absolute atomic E-state index is 12.2. The van der Waals surface area contributed by atoms with Crippen LogP contribution in [0.4, 0.5) is 11.4 Å². The van der Waals surface area contributed by atoms with Gasteiger partial charge in [-0.1, -0.05) is 24.3 Å². The van der Waals surface area contributed by atoms with E-state index in [0.717, 1.165) is 42.7 Å². The quantitative estimate of drug-likeness (QED) is 0.649. The fourth-order valence-corrected chi connectivity index (χ4v) is 2.32. The van der Waals surface area contributed by atoms with E-state index >= 15 is 0 Å². The molecule has 4 heteroatoms. The fourth-order valence-electron chi connectivity index (χ4n) is 2.32. The highest BCUT2D eigenvalue weighted by Gasteiger charge is 2.06. The zero-order valence-electron chi connectivity index (χ0n) is 13.5. The number of rotatable bonds is 8. The molecule has 0 aromatic heterocycles. The Hall–Kier alpha value is -2.33. The Balaban J connectivity index is 1.95. The van der Waals surface area contributed by atoms with Gasteiger partial charge in [0.25, 0.3) is 5.91 Å². The second kappa shape index (κ2) is 8.96. The van der Waals surface area contributed by atoms with Gasteiger partial charge in [0, 0.05) is 30.1 Å². The predicted octanol–water partition coefficient (Wildman–Crippen LogP) is 3.82. The van der Waals surface area contributed by atoms with Crippen LogP contribution in [0.2, 0.25) is 0 Å². The van der Waals surface area contributed by atoms with Crippen LogP contribution in [0, 0.1) is 6.92 Å². The Morgan fingerprint density at radius 1 is 1.04 bits per heavy atom. The molecule has 0 fully saturated rings. The Morgan fingerprint density at radius 2 is 1.83 bits per heavy atom. The van der Waals surface area contributed by atoms with Gasteiger partial charge in [0.2, 0.25) is 0 Å². The molecular weight excluding hydrogens is 288 g/mol. The molecule has 0 radical (unpaired) electrons. The van der Waals surface area contributed by atoms with Gasteiger partial charge in [-0.25, -0.2) is 0 Å². The van der Waals surface area contributed by atoms with Crippen LogP contribution in [-0.4, -0.2) is 24.2 Å². The van der Waals surface area contributed by atoms with Crippen molar-refractivity contribution in [1.82, 2.24) is 0 Å². The van der Waals surface area contributed by atoms with Gasteiger partial charge in [0.05, 0.1) is 0 Å². The van der Waals surface area contributed by atoms with E-state index in [-0.39, 0.29) is 12.5 Å². The molecule has 2 rings (SSSR count). The first kappa shape index (κ1) is 17.0. The van der Waals surface area contributed by atoms with Crippen LogP contribution >= 0.6 is 0 Å². The van der Waals surface area contributed by atoms with Gasteiger partial charge in [-0.3, -0.25) is 4.79 Å². The number of carbonyl (C=O) groups is 1. The van der Waals surface area contributed by atoms with Crippen LogP contribution in [-0.2, 0) is 0 Å². The number of aliphatic hydroxyl groups excluding tert-OH is 1. The Kier molecular flexibility index (Phi) is 6.63. The molecule has 0 bridgehead atoms. The number of anilines is 2. The second-order valence-corrected chi connectivity index (χ2v) is 5.56. The molecule has 2 aromatic rings. The van der Waals surface area contributed by atoms with E-state index in [1.807, 2.05) is 43.3 Å². The monoisotopic (exact) mass is 312 g/mol. The van der Waals surface area contributed by atoms with Crippen molar-refractivity contribution in [2.75, 3.05) is 23.8 Å². The van der Waals surface area contributed by atoms with Gasteiger partial charge >= 0.3 is 0 Å². The van der Waals surface area contributed by atoms with Crippen LogP contribution in [0.5, 0.6) is 0 Å². The third-order valence-electron chi connectivity index (χ3n) is 3.68. The zero-order chi connectivity index (χ0) is 16.5. The second-order valence-electron chi connectivity index (χ2n) is 5.56. The molecule has 2 aromatic carbocycles. The third kappa shape index (κ3) is 5.42. The first-order valence-electron chi connectivity index (χ1n) is 8.02. The first-order chi connectivity index (χ1) is 11.2. The highest BCUT2D eigenvalue weighted by molar-refractivity contribution is 6.04. The minimum atomic E-state index is -0.108. The summed E-state index contributed by atoms with van der Waals surface area (Å²) in [5, 5.41) is 15.1. The normalized spacial score (nSPS) is 10.3. The van der Waals surface area contributed by atoms with Crippen LogP contribution in [0.1, 0.15) is 35.2 Å². The molecule has 0 saturated carbocycles. The number of benzene rings is 2. The van der Waals surface area contributed by atoms with Crippen LogP contribution in [0.15, 0.2) is 48.5 Å². The Labute approximate surface area is 137 Å². The van der Waals surface area contributed by atoms with Crippen molar-refractivity contribution in [3.05, 3.63) is 59.7 Å². The summed E-state index contributed by atoms with van der Waals surface area (Å²) < 4.78 is 0. The minimum Gasteiger partial charge on any atom is -0.396 e. The standard InChI is InChI=1S/C19H24N2O2/c1-15-10-11-17(14-18(15)20-12-6-3-7-13-22)21-19(23)16-8-4-2-5-9-16/h2,4-5,8-11,14,20,22H,3,6-7,12-13H2,1H3,(H,21,23). The molecule has 4 nitrogen and oxygen atoms in total.